The molecule has 1 unspecified atom stereocenters. The topological polar surface area (TPSA) is 12.0 Å². The number of nitrogens with one attached hydrogen (secondary N) is 1. The van der Waals surface area contributed by atoms with E-state index in [1.807, 2.05) is 13.1 Å². The van der Waals surface area contributed by atoms with Crippen LogP contribution in [0.4, 0.5) is 4.39 Å². The monoisotopic (exact) mass is 285 g/mol. The molecule has 0 amide bonds. The van der Waals surface area contributed by atoms with Crippen molar-refractivity contribution in [3.8, 4) is 0 Å². The van der Waals surface area contributed by atoms with Crippen molar-refractivity contribution in [2.24, 2.45) is 0 Å². The summed E-state index contributed by atoms with van der Waals surface area (Å²) in [5.74, 6) is -0.173. The van der Waals surface area contributed by atoms with Crippen LogP contribution in [0.5, 0.6) is 0 Å². The lowest BCUT2D eigenvalue weighted by Gasteiger charge is -2.14. The molecule has 1 nitrogen and oxygen atoms in total. The molecule has 0 saturated carbocycles. The van der Waals surface area contributed by atoms with Crippen molar-refractivity contribution < 1.29 is 4.39 Å². The van der Waals surface area contributed by atoms with Crippen molar-refractivity contribution in [1.82, 2.24) is 5.32 Å². The third kappa shape index (κ3) is 2.74. The molecule has 3 heteroatoms. The van der Waals surface area contributed by atoms with Gasteiger partial charge in [0.15, 0.2) is 0 Å². The first-order valence-electron chi connectivity index (χ1n) is 6.66. The standard InChI is InChI=1S/C17H16FNS/c1-19-15(10-12-5-4-7-14(18)9-12)17-11-13-6-2-3-8-16(13)20-17/h2-9,11,15,19H,10H2,1H3. The van der Waals surface area contributed by atoms with E-state index in [4.69, 9.17) is 0 Å². The van der Waals surface area contributed by atoms with E-state index >= 15 is 0 Å². The van der Waals surface area contributed by atoms with E-state index in [0.717, 1.165) is 12.0 Å². The van der Waals surface area contributed by atoms with Crippen LogP contribution in [0.2, 0.25) is 0 Å². The van der Waals surface area contributed by atoms with Crippen molar-refractivity contribution in [3.63, 3.8) is 0 Å². The maximum Gasteiger partial charge on any atom is 0.123 e. The average molecular weight is 285 g/mol. The predicted octanol–water partition coefficient (Wildman–Crippen LogP) is 4.54. The fraction of sp³-hybridized carbons (Fsp3) is 0.176. The zero-order chi connectivity index (χ0) is 13.9. The Morgan fingerprint density at radius 3 is 2.70 bits per heavy atom. The first-order valence-corrected chi connectivity index (χ1v) is 7.48. The molecule has 0 fully saturated rings. The van der Waals surface area contributed by atoms with Gasteiger partial charge in [0, 0.05) is 15.6 Å². The number of thiophene rings is 1. The lowest BCUT2D eigenvalue weighted by atomic mass is 10.0. The number of hydrogen-bond acceptors (Lipinski definition) is 2. The van der Waals surface area contributed by atoms with Crippen molar-refractivity contribution in [3.05, 3.63) is 70.9 Å². The van der Waals surface area contributed by atoms with Crippen LogP contribution in [0.25, 0.3) is 10.1 Å². The number of likely N-dealkylation sites (N-methyl/N-ethyl adjacent to an activating group) is 1. The summed E-state index contributed by atoms with van der Waals surface area (Å²) in [6, 6.07) is 17.7. The Balaban J connectivity index is 1.89. The smallest absolute Gasteiger partial charge is 0.123 e. The zero-order valence-electron chi connectivity index (χ0n) is 11.3. The number of hydrogen-bond donors (Lipinski definition) is 1. The van der Waals surface area contributed by atoms with Gasteiger partial charge < -0.3 is 5.32 Å². The van der Waals surface area contributed by atoms with Gasteiger partial charge in [-0.1, -0.05) is 30.3 Å². The second kappa shape index (κ2) is 5.73. The molecule has 0 aliphatic rings. The van der Waals surface area contributed by atoms with E-state index in [-0.39, 0.29) is 11.9 Å². The summed E-state index contributed by atoms with van der Waals surface area (Å²) in [4.78, 5) is 1.29. The molecule has 3 aromatic rings. The molecule has 0 radical (unpaired) electrons. The highest BCUT2D eigenvalue weighted by Crippen LogP contribution is 2.31. The summed E-state index contributed by atoms with van der Waals surface area (Å²) in [5.41, 5.74) is 1.02. The molecule has 0 spiro atoms. The molecule has 20 heavy (non-hydrogen) atoms. The Morgan fingerprint density at radius 2 is 1.95 bits per heavy atom. The summed E-state index contributed by atoms with van der Waals surface area (Å²) in [5, 5.41) is 4.61. The number of rotatable bonds is 4. The summed E-state index contributed by atoms with van der Waals surface area (Å²) in [7, 11) is 1.95. The molecule has 0 aliphatic heterocycles. The van der Waals surface area contributed by atoms with E-state index in [0.29, 0.717) is 0 Å². The summed E-state index contributed by atoms with van der Waals surface area (Å²) in [6.45, 7) is 0. The van der Waals surface area contributed by atoms with Crippen LogP contribution in [0.1, 0.15) is 16.5 Å². The molecule has 1 heterocycles. The third-order valence-corrected chi connectivity index (χ3v) is 4.70. The highest BCUT2D eigenvalue weighted by Gasteiger charge is 2.13. The van der Waals surface area contributed by atoms with Gasteiger partial charge in [-0.05, 0) is 48.7 Å². The SMILES string of the molecule is CNC(Cc1cccc(F)c1)c1cc2ccccc2s1. The summed E-state index contributed by atoms with van der Waals surface area (Å²) in [6.07, 6.45) is 0.793. The van der Waals surface area contributed by atoms with Gasteiger partial charge in [-0.2, -0.15) is 0 Å². The Bertz CT molecular complexity index is 687. The lowest BCUT2D eigenvalue weighted by molar-refractivity contribution is 0.592. The molecule has 102 valence electrons. The molecule has 1 atom stereocenters. The van der Waals surface area contributed by atoms with Crippen LogP contribution < -0.4 is 5.32 Å². The van der Waals surface area contributed by atoms with Crippen LogP contribution in [-0.2, 0) is 6.42 Å². The van der Waals surface area contributed by atoms with Crippen molar-refractivity contribution in [1.29, 1.82) is 0 Å². The predicted molar refractivity (Wildman–Crippen MR) is 83.7 cm³/mol. The van der Waals surface area contributed by atoms with Crippen molar-refractivity contribution >= 4 is 21.4 Å². The van der Waals surface area contributed by atoms with Gasteiger partial charge in [-0.15, -0.1) is 11.3 Å². The van der Waals surface area contributed by atoms with Crippen LogP contribution in [0.15, 0.2) is 54.6 Å². The lowest BCUT2D eigenvalue weighted by Crippen LogP contribution is -2.17. The van der Waals surface area contributed by atoms with Crippen LogP contribution in [-0.4, -0.2) is 7.05 Å². The summed E-state index contributed by atoms with van der Waals surface area (Å²) < 4.78 is 14.6. The Kier molecular flexibility index (Phi) is 3.81. The number of fused-ring (bicyclic) bond motifs is 1. The van der Waals surface area contributed by atoms with E-state index in [2.05, 4.69) is 35.6 Å². The first-order chi connectivity index (χ1) is 9.76. The van der Waals surface area contributed by atoms with E-state index in [1.54, 1.807) is 23.5 Å². The fourth-order valence-corrected chi connectivity index (χ4v) is 3.59. The van der Waals surface area contributed by atoms with Crippen molar-refractivity contribution in [2.45, 2.75) is 12.5 Å². The normalized spacial score (nSPS) is 12.7. The van der Waals surface area contributed by atoms with Gasteiger partial charge in [0.1, 0.15) is 5.82 Å². The number of halogens is 1. The van der Waals surface area contributed by atoms with Crippen molar-refractivity contribution in [2.75, 3.05) is 7.05 Å². The van der Waals surface area contributed by atoms with Crippen LogP contribution in [0, 0.1) is 5.82 Å². The minimum atomic E-state index is -0.173. The molecule has 3 rings (SSSR count). The van der Waals surface area contributed by atoms with E-state index < -0.39 is 0 Å². The molecule has 2 aromatic carbocycles. The minimum Gasteiger partial charge on any atom is -0.312 e. The fourth-order valence-electron chi connectivity index (χ4n) is 2.42. The maximum absolute atomic E-state index is 13.3. The second-order valence-corrected chi connectivity index (χ2v) is 5.98. The molecule has 1 N–H and O–H groups in total. The molecular weight excluding hydrogens is 269 g/mol. The maximum atomic E-state index is 13.3. The molecule has 0 aliphatic carbocycles. The molecular formula is C17H16FNS. The summed E-state index contributed by atoms with van der Waals surface area (Å²) >= 11 is 1.80. The van der Waals surface area contributed by atoms with Crippen LogP contribution in [0.3, 0.4) is 0 Å². The molecule has 0 bridgehead atoms. The van der Waals surface area contributed by atoms with Gasteiger partial charge in [0.25, 0.3) is 0 Å². The van der Waals surface area contributed by atoms with Gasteiger partial charge in [-0.25, -0.2) is 4.39 Å². The molecule has 1 aromatic heterocycles. The highest BCUT2D eigenvalue weighted by molar-refractivity contribution is 7.19. The van der Waals surface area contributed by atoms with E-state index in [1.165, 1.54) is 21.0 Å². The Morgan fingerprint density at radius 1 is 1.10 bits per heavy atom. The highest BCUT2D eigenvalue weighted by atomic mass is 32.1. The van der Waals surface area contributed by atoms with Gasteiger partial charge in [0.05, 0.1) is 0 Å². The zero-order valence-corrected chi connectivity index (χ0v) is 12.1. The molecule has 0 saturated heterocycles. The minimum absolute atomic E-state index is 0.173. The van der Waals surface area contributed by atoms with Crippen LogP contribution >= 0.6 is 11.3 Å². The third-order valence-electron chi connectivity index (χ3n) is 3.47. The van der Waals surface area contributed by atoms with Gasteiger partial charge in [0.2, 0.25) is 0 Å². The Labute approximate surface area is 122 Å². The number of benzene rings is 2. The van der Waals surface area contributed by atoms with Gasteiger partial charge >= 0.3 is 0 Å². The second-order valence-electron chi connectivity index (χ2n) is 4.86. The Hall–Kier alpha value is -1.71. The quantitative estimate of drug-likeness (QED) is 0.742. The van der Waals surface area contributed by atoms with E-state index in [9.17, 15) is 4.39 Å². The average Bonchev–Trinajstić information content (AvgIpc) is 2.88. The first kappa shape index (κ1) is 13.3. The van der Waals surface area contributed by atoms with Gasteiger partial charge in [-0.3, -0.25) is 0 Å². The largest absolute Gasteiger partial charge is 0.312 e.